The van der Waals surface area contributed by atoms with E-state index in [9.17, 15) is 4.79 Å². The molecule has 26 heavy (non-hydrogen) atoms. The number of benzene rings is 2. The normalized spacial score (nSPS) is 9.81. The van der Waals surface area contributed by atoms with E-state index in [1.165, 1.54) is 0 Å². The molecular weight excluding hydrogens is 328 g/mol. The SMILES string of the molecule is N#Cc1ccc(NC(=O)Nc2ncccc2OCc2ccccc2)cc1. The number of pyridine rings is 1. The van der Waals surface area contributed by atoms with Gasteiger partial charge < -0.3 is 10.1 Å². The molecule has 0 radical (unpaired) electrons. The molecule has 0 aliphatic heterocycles. The van der Waals surface area contributed by atoms with Crippen molar-refractivity contribution in [3.63, 3.8) is 0 Å². The first-order valence-electron chi connectivity index (χ1n) is 7.94. The Balaban J connectivity index is 1.63. The van der Waals surface area contributed by atoms with Crippen LogP contribution in [0.25, 0.3) is 0 Å². The molecule has 2 N–H and O–H groups in total. The van der Waals surface area contributed by atoms with Gasteiger partial charge in [0.1, 0.15) is 6.61 Å². The van der Waals surface area contributed by atoms with Crippen LogP contribution in [0.1, 0.15) is 11.1 Å². The molecule has 6 heteroatoms. The first kappa shape index (κ1) is 17.0. The van der Waals surface area contributed by atoms with E-state index in [1.807, 2.05) is 36.4 Å². The van der Waals surface area contributed by atoms with E-state index < -0.39 is 6.03 Å². The van der Waals surface area contributed by atoms with Crippen molar-refractivity contribution in [3.8, 4) is 11.8 Å². The summed E-state index contributed by atoms with van der Waals surface area (Å²) in [5, 5.41) is 14.2. The lowest BCUT2D eigenvalue weighted by atomic mass is 10.2. The zero-order valence-corrected chi connectivity index (χ0v) is 13.8. The van der Waals surface area contributed by atoms with Gasteiger partial charge in [0.25, 0.3) is 0 Å². The first-order valence-corrected chi connectivity index (χ1v) is 7.94. The molecule has 0 atom stereocenters. The molecule has 0 unspecified atom stereocenters. The number of aromatic nitrogens is 1. The zero-order chi connectivity index (χ0) is 18.2. The molecular formula is C20H16N4O2. The Kier molecular flexibility index (Phi) is 5.43. The highest BCUT2D eigenvalue weighted by Crippen LogP contribution is 2.22. The lowest BCUT2D eigenvalue weighted by Gasteiger charge is -2.12. The fourth-order valence-corrected chi connectivity index (χ4v) is 2.23. The van der Waals surface area contributed by atoms with Crippen molar-refractivity contribution < 1.29 is 9.53 Å². The van der Waals surface area contributed by atoms with Crippen molar-refractivity contribution in [3.05, 3.63) is 84.1 Å². The Bertz CT molecular complexity index is 919. The molecule has 0 fully saturated rings. The molecule has 1 aromatic heterocycles. The van der Waals surface area contributed by atoms with E-state index in [4.69, 9.17) is 10.00 Å². The molecule has 0 aliphatic rings. The van der Waals surface area contributed by atoms with Crippen LogP contribution >= 0.6 is 0 Å². The molecule has 0 saturated heterocycles. The number of ether oxygens (including phenoxy) is 1. The van der Waals surface area contributed by atoms with Gasteiger partial charge in [0.15, 0.2) is 11.6 Å². The van der Waals surface area contributed by atoms with Gasteiger partial charge in [-0.15, -0.1) is 0 Å². The molecule has 2 amide bonds. The van der Waals surface area contributed by atoms with Gasteiger partial charge in [-0.05, 0) is 42.0 Å². The van der Waals surface area contributed by atoms with E-state index in [0.717, 1.165) is 5.56 Å². The number of nitriles is 1. The summed E-state index contributed by atoms with van der Waals surface area (Å²) in [4.78, 5) is 16.3. The molecule has 0 saturated carbocycles. The van der Waals surface area contributed by atoms with E-state index in [2.05, 4.69) is 15.6 Å². The summed E-state index contributed by atoms with van der Waals surface area (Å²) in [5.74, 6) is 0.806. The monoisotopic (exact) mass is 344 g/mol. The molecule has 2 aromatic carbocycles. The van der Waals surface area contributed by atoms with Gasteiger partial charge in [-0.1, -0.05) is 30.3 Å². The van der Waals surface area contributed by atoms with Crippen LogP contribution < -0.4 is 15.4 Å². The van der Waals surface area contributed by atoms with Crippen LogP contribution in [0.5, 0.6) is 5.75 Å². The first-order chi connectivity index (χ1) is 12.7. The van der Waals surface area contributed by atoms with Gasteiger partial charge in [-0.3, -0.25) is 5.32 Å². The predicted octanol–water partition coefficient (Wildman–Crippen LogP) is 4.18. The Morgan fingerprint density at radius 3 is 2.50 bits per heavy atom. The highest BCUT2D eigenvalue weighted by molar-refractivity contribution is 5.99. The van der Waals surface area contributed by atoms with Crippen molar-refractivity contribution in [2.24, 2.45) is 0 Å². The van der Waals surface area contributed by atoms with Crippen molar-refractivity contribution in [2.75, 3.05) is 10.6 Å². The molecule has 3 aromatic rings. The van der Waals surface area contributed by atoms with E-state index in [1.54, 1.807) is 42.6 Å². The summed E-state index contributed by atoms with van der Waals surface area (Å²) >= 11 is 0. The third-order valence-corrected chi connectivity index (χ3v) is 3.51. The number of anilines is 2. The number of hydrogen-bond donors (Lipinski definition) is 2. The predicted molar refractivity (Wildman–Crippen MR) is 98.8 cm³/mol. The fourth-order valence-electron chi connectivity index (χ4n) is 2.23. The van der Waals surface area contributed by atoms with Gasteiger partial charge >= 0.3 is 6.03 Å². The molecule has 128 valence electrons. The van der Waals surface area contributed by atoms with Crippen LogP contribution in [0.2, 0.25) is 0 Å². The second-order valence-electron chi connectivity index (χ2n) is 5.39. The maximum Gasteiger partial charge on any atom is 0.324 e. The van der Waals surface area contributed by atoms with E-state index in [-0.39, 0.29) is 0 Å². The van der Waals surface area contributed by atoms with Gasteiger partial charge in [-0.25, -0.2) is 9.78 Å². The van der Waals surface area contributed by atoms with Crippen molar-refractivity contribution >= 4 is 17.5 Å². The van der Waals surface area contributed by atoms with Crippen LogP contribution in [0, 0.1) is 11.3 Å². The quantitative estimate of drug-likeness (QED) is 0.727. The molecule has 0 aliphatic carbocycles. The highest BCUT2D eigenvalue weighted by Gasteiger charge is 2.09. The lowest BCUT2D eigenvalue weighted by molar-refractivity contribution is 0.261. The minimum absolute atomic E-state index is 0.328. The van der Waals surface area contributed by atoms with E-state index >= 15 is 0 Å². The Morgan fingerprint density at radius 2 is 1.77 bits per heavy atom. The van der Waals surface area contributed by atoms with Gasteiger partial charge in [0, 0.05) is 11.9 Å². The largest absolute Gasteiger partial charge is 0.485 e. The van der Waals surface area contributed by atoms with Crippen LogP contribution in [-0.4, -0.2) is 11.0 Å². The van der Waals surface area contributed by atoms with Crippen LogP contribution in [0.15, 0.2) is 72.9 Å². The number of carbonyl (C=O) groups excluding carboxylic acids is 1. The standard InChI is InChI=1S/C20H16N4O2/c21-13-15-8-10-17(11-9-15)23-20(25)24-19-18(7-4-12-22-19)26-14-16-5-2-1-3-6-16/h1-12H,14H2,(H2,22,23,24,25). The van der Waals surface area contributed by atoms with Crippen LogP contribution in [-0.2, 0) is 6.61 Å². The average Bonchev–Trinajstić information content (AvgIpc) is 2.68. The molecule has 1 heterocycles. The van der Waals surface area contributed by atoms with Crippen LogP contribution in [0.3, 0.4) is 0 Å². The lowest BCUT2D eigenvalue weighted by Crippen LogP contribution is -2.20. The summed E-state index contributed by atoms with van der Waals surface area (Å²) in [6.07, 6.45) is 1.58. The van der Waals surface area contributed by atoms with E-state index in [0.29, 0.717) is 29.4 Å². The van der Waals surface area contributed by atoms with Gasteiger partial charge in [0.2, 0.25) is 0 Å². The van der Waals surface area contributed by atoms with Crippen molar-refractivity contribution in [1.29, 1.82) is 5.26 Å². The molecule has 0 spiro atoms. The average molecular weight is 344 g/mol. The number of carbonyl (C=O) groups is 1. The molecule has 6 nitrogen and oxygen atoms in total. The number of nitrogens with zero attached hydrogens (tertiary/aromatic N) is 2. The van der Waals surface area contributed by atoms with Gasteiger partial charge in [-0.2, -0.15) is 5.26 Å². The maximum atomic E-state index is 12.2. The fraction of sp³-hybridized carbons (Fsp3) is 0.0500. The van der Waals surface area contributed by atoms with Gasteiger partial charge in [0.05, 0.1) is 11.6 Å². The number of nitrogens with one attached hydrogen (secondary N) is 2. The third kappa shape index (κ3) is 4.58. The minimum atomic E-state index is -0.446. The zero-order valence-electron chi connectivity index (χ0n) is 13.8. The number of hydrogen-bond acceptors (Lipinski definition) is 4. The summed E-state index contributed by atoms with van der Waals surface area (Å²) in [6.45, 7) is 0.373. The number of rotatable bonds is 5. The minimum Gasteiger partial charge on any atom is -0.485 e. The third-order valence-electron chi connectivity index (χ3n) is 3.51. The second kappa shape index (κ2) is 8.31. The van der Waals surface area contributed by atoms with Crippen molar-refractivity contribution in [1.82, 2.24) is 4.98 Å². The summed E-state index contributed by atoms with van der Waals surface area (Å²) in [6, 6.07) is 21.4. The molecule has 3 rings (SSSR count). The number of urea groups is 1. The van der Waals surface area contributed by atoms with Crippen molar-refractivity contribution in [2.45, 2.75) is 6.61 Å². The second-order valence-corrected chi connectivity index (χ2v) is 5.39. The topological polar surface area (TPSA) is 87.0 Å². The Morgan fingerprint density at radius 1 is 1.00 bits per heavy atom. The smallest absolute Gasteiger partial charge is 0.324 e. The summed E-state index contributed by atoms with van der Waals surface area (Å²) < 4.78 is 5.76. The molecule has 0 bridgehead atoms. The Hall–Kier alpha value is -3.85. The highest BCUT2D eigenvalue weighted by atomic mass is 16.5. The summed E-state index contributed by atoms with van der Waals surface area (Å²) in [5.41, 5.74) is 2.12. The van der Waals surface area contributed by atoms with Crippen LogP contribution in [0.4, 0.5) is 16.3 Å². The number of amides is 2. The summed E-state index contributed by atoms with van der Waals surface area (Å²) in [7, 11) is 0. The maximum absolute atomic E-state index is 12.2. The Labute approximate surface area is 151 Å².